The first-order chi connectivity index (χ1) is 8.25. The molecule has 88 valence electrons. The maximum Gasteiger partial charge on any atom is 0.150 e. The molecule has 0 spiro atoms. The van der Waals surface area contributed by atoms with E-state index in [1.54, 1.807) is 0 Å². The van der Waals surface area contributed by atoms with E-state index >= 15 is 0 Å². The van der Waals surface area contributed by atoms with Gasteiger partial charge in [0.15, 0.2) is 0 Å². The monoisotopic (exact) mass is 233 g/mol. The molecule has 3 heteroatoms. The van der Waals surface area contributed by atoms with Crippen LogP contribution in [0.15, 0.2) is 30.5 Å². The van der Waals surface area contributed by atoms with Crippen LogP contribution in [0.5, 0.6) is 0 Å². The first-order valence-corrected chi connectivity index (χ1v) is 5.90. The molecular formula is C14H13F2N. The third-order valence-corrected chi connectivity index (χ3v) is 3.37. The average molecular weight is 233 g/mol. The third-order valence-electron chi connectivity index (χ3n) is 3.37. The van der Waals surface area contributed by atoms with E-state index in [2.05, 4.69) is 0 Å². The van der Waals surface area contributed by atoms with Crippen molar-refractivity contribution >= 4 is 0 Å². The largest absolute Gasteiger partial charge is 0.318 e. The van der Waals surface area contributed by atoms with Crippen LogP contribution in [0, 0.1) is 11.6 Å². The number of nitrogens with zero attached hydrogens (tertiary/aromatic N) is 1. The Bertz CT molecular complexity index is 557. The van der Waals surface area contributed by atoms with Gasteiger partial charge in [-0.2, -0.15) is 0 Å². The van der Waals surface area contributed by atoms with Crippen LogP contribution in [0.2, 0.25) is 0 Å². The van der Waals surface area contributed by atoms with Crippen LogP contribution in [0.3, 0.4) is 0 Å². The van der Waals surface area contributed by atoms with Crippen molar-refractivity contribution in [3.05, 3.63) is 53.4 Å². The minimum Gasteiger partial charge on any atom is -0.318 e. The summed E-state index contributed by atoms with van der Waals surface area (Å²) in [5, 5.41) is 0. The molecule has 0 radical (unpaired) electrons. The van der Waals surface area contributed by atoms with E-state index in [4.69, 9.17) is 0 Å². The van der Waals surface area contributed by atoms with E-state index in [0.29, 0.717) is 5.69 Å². The van der Waals surface area contributed by atoms with Gasteiger partial charge in [0, 0.05) is 18.0 Å². The van der Waals surface area contributed by atoms with Crippen LogP contribution < -0.4 is 0 Å². The molecule has 0 N–H and O–H groups in total. The molecule has 1 aromatic heterocycles. The second kappa shape index (κ2) is 3.99. The summed E-state index contributed by atoms with van der Waals surface area (Å²) in [6.45, 7) is 0. The number of halogens is 2. The van der Waals surface area contributed by atoms with Gasteiger partial charge in [0.1, 0.15) is 11.6 Å². The Morgan fingerprint density at radius 3 is 2.65 bits per heavy atom. The van der Waals surface area contributed by atoms with Crippen molar-refractivity contribution < 1.29 is 8.78 Å². The fraction of sp³-hybridized carbons (Fsp3) is 0.286. The first kappa shape index (κ1) is 10.5. The molecule has 1 aromatic carbocycles. The minimum absolute atomic E-state index is 0.439. The predicted octanol–water partition coefficient (Wildman–Crippen LogP) is 3.63. The topological polar surface area (TPSA) is 4.93 Å². The molecule has 0 amide bonds. The predicted molar refractivity (Wildman–Crippen MR) is 62.3 cm³/mol. The molecule has 1 nitrogen and oxygen atoms in total. The van der Waals surface area contributed by atoms with Gasteiger partial charge in [-0.3, -0.25) is 0 Å². The molecule has 3 rings (SSSR count). The van der Waals surface area contributed by atoms with Crippen molar-refractivity contribution in [1.29, 1.82) is 0 Å². The molecule has 17 heavy (non-hydrogen) atoms. The summed E-state index contributed by atoms with van der Waals surface area (Å²) >= 11 is 0. The molecule has 0 bridgehead atoms. The van der Waals surface area contributed by atoms with Crippen LogP contribution >= 0.6 is 0 Å². The van der Waals surface area contributed by atoms with Gasteiger partial charge in [-0.1, -0.05) is 0 Å². The SMILES string of the molecule is Fc1ccc(-n2ccc3c2CCCC3)c(F)c1. The molecular weight excluding hydrogens is 220 g/mol. The molecule has 1 aliphatic carbocycles. The van der Waals surface area contributed by atoms with Crippen LogP contribution in [0.1, 0.15) is 24.1 Å². The molecule has 0 saturated heterocycles. The molecule has 0 saturated carbocycles. The summed E-state index contributed by atoms with van der Waals surface area (Å²) in [5.74, 6) is -1.04. The quantitative estimate of drug-likeness (QED) is 0.708. The Hall–Kier alpha value is -1.64. The highest BCUT2D eigenvalue weighted by atomic mass is 19.1. The van der Waals surface area contributed by atoms with E-state index < -0.39 is 11.6 Å². The van der Waals surface area contributed by atoms with Gasteiger partial charge in [-0.05, 0) is 49.4 Å². The van der Waals surface area contributed by atoms with Crippen molar-refractivity contribution in [2.45, 2.75) is 25.7 Å². The Morgan fingerprint density at radius 2 is 1.82 bits per heavy atom. The van der Waals surface area contributed by atoms with E-state index in [1.165, 1.54) is 29.8 Å². The number of aromatic nitrogens is 1. The highest BCUT2D eigenvalue weighted by molar-refractivity contribution is 5.40. The van der Waals surface area contributed by atoms with Gasteiger partial charge in [-0.25, -0.2) is 8.78 Å². The van der Waals surface area contributed by atoms with Crippen molar-refractivity contribution in [1.82, 2.24) is 4.57 Å². The Kier molecular flexibility index (Phi) is 2.46. The second-order valence-corrected chi connectivity index (χ2v) is 4.46. The fourth-order valence-corrected chi connectivity index (χ4v) is 2.52. The number of hydrogen-bond acceptors (Lipinski definition) is 0. The zero-order chi connectivity index (χ0) is 11.8. The van der Waals surface area contributed by atoms with E-state index in [1.807, 2.05) is 16.8 Å². The number of fused-ring (bicyclic) bond motifs is 1. The molecule has 0 unspecified atom stereocenters. The standard InChI is InChI=1S/C14H13F2N/c15-11-5-6-14(12(16)9-11)17-8-7-10-3-1-2-4-13(10)17/h5-9H,1-4H2. The van der Waals surface area contributed by atoms with Crippen molar-refractivity contribution in [3.63, 3.8) is 0 Å². The molecule has 1 aliphatic rings. The van der Waals surface area contributed by atoms with Crippen LogP contribution in [0.4, 0.5) is 8.78 Å². The molecule has 0 aliphatic heterocycles. The Balaban J connectivity index is 2.12. The van der Waals surface area contributed by atoms with E-state index in [-0.39, 0.29) is 0 Å². The summed E-state index contributed by atoms with van der Waals surface area (Å²) in [6, 6.07) is 5.77. The van der Waals surface area contributed by atoms with Gasteiger partial charge < -0.3 is 4.57 Å². The van der Waals surface area contributed by atoms with Gasteiger partial charge >= 0.3 is 0 Å². The van der Waals surface area contributed by atoms with Crippen molar-refractivity contribution in [2.24, 2.45) is 0 Å². The summed E-state index contributed by atoms with van der Waals surface area (Å²) in [4.78, 5) is 0. The number of rotatable bonds is 1. The zero-order valence-electron chi connectivity index (χ0n) is 9.42. The van der Waals surface area contributed by atoms with Crippen LogP contribution in [-0.2, 0) is 12.8 Å². The summed E-state index contributed by atoms with van der Waals surface area (Å²) < 4.78 is 28.5. The lowest BCUT2D eigenvalue weighted by molar-refractivity contribution is 0.574. The number of hydrogen-bond donors (Lipinski definition) is 0. The second-order valence-electron chi connectivity index (χ2n) is 4.46. The number of aryl methyl sites for hydroxylation is 1. The van der Waals surface area contributed by atoms with E-state index in [0.717, 1.165) is 25.3 Å². The summed E-state index contributed by atoms with van der Waals surface area (Å²) in [7, 11) is 0. The maximum absolute atomic E-state index is 13.7. The normalized spacial score (nSPS) is 14.7. The smallest absolute Gasteiger partial charge is 0.150 e. The highest BCUT2D eigenvalue weighted by Crippen LogP contribution is 2.26. The molecule has 2 aromatic rings. The fourth-order valence-electron chi connectivity index (χ4n) is 2.52. The molecule has 0 fully saturated rings. The zero-order valence-corrected chi connectivity index (χ0v) is 9.42. The summed E-state index contributed by atoms with van der Waals surface area (Å²) in [6.07, 6.45) is 6.25. The Morgan fingerprint density at radius 1 is 1.00 bits per heavy atom. The van der Waals surface area contributed by atoms with Gasteiger partial charge in [-0.15, -0.1) is 0 Å². The minimum atomic E-state index is -0.535. The summed E-state index contributed by atoms with van der Waals surface area (Å²) in [5.41, 5.74) is 2.90. The lowest BCUT2D eigenvalue weighted by Crippen LogP contribution is -2.07. The maximum atomic E-state index is 13.7. The van der Waals surface area contributed by atoms with Gasteiger partial charge in [0.2, 0.25) is 0 Å². The third kappa shape index (κ3) is 1.75. The lowest BCUT2D eigenvalue weighted by Gasteiger charge is -2.16. The Labute approximate surface area is 98.7 Å². The van der Waals surface area contributed by atoms with Crippen molar-refractivity contribution in [3.8, 4) is 5.69 Å². The van der Waals surface area contributed by atoms with Gasteiger partial charge in [0.05, 0.1) is 5.69 Å². The van der Waals surface area contributed by atoms with Crippen LogP contribution in [-0.4, -0.2) is 4.57 Å². The molecule has 0 atom stereocenters. The molecule has 1 heterocycles. The van der Waals surface area contributed by atoms with Crippen molar-refractivity contribution in [2.75, 3.05) is 0 Å². The van der Waals surface area contributed by atoms with Crippen LogP contribution in [0.25, 0.3) is 5.69 Å². The first-order valence-electron chi connectivity index (χ1n) is 5.90. The van der Waals surface area contributed by atoms with Gasteiger partial charge in [0.25, 0.3) is 0 Å². The number of benzene rings is 1. The van der Waals surface area contributed by atoms with E-state index in [9.17, 15) is 8.78 Å². The average Bonchev–Trinajstić information content (AvgIpc) is 2.73. The highest BCUT2D eigenvalue weighted by Gasteiger charge is 2.16. The lowest BCUT2D eigenvalue weighted by atomic mass is 9.98.